The van der Waals surface area contributed by atoms with Crippen molar-refractivity contribution in [2.24, 2.45) is 0 Å². The topological polar surface area (TPSA) is 52.2 Å². The minimum Gasteiger partial charge on any atom is -0.598 e. The SMILES string of the molecule is CC(C)(C)[S+]([O-])NCc1cc(F)ccc1Sc1ccccc1C=O. The molecule has 0 aliphatic rings. The highest BCUT2D eigenvalue weighted by atomic mass is 32.2. The summed E-state index contributed by atoms with van der Waals surface area (Å²) in [7, 11) is 0. The van der Waals surface area contributed by atoms with Crippen molar-refractivity contribution in [2.75, 3.05) is 0 Å². The first-order chi connectivity index (χ1) is 11.3. The molecule has 24 heavy (non-hydrogen) atoms. The molecule has 0 bridgehead atoms. The number of hydrogen-bond acceptors (Lipinski definition) is 4. The van der Waals surface area contributed by atoms with Gasteiger partial charge in [-0.1, -0.05) is 30.0 Å². The molecular formula is C18H20FNO2S2. The lowest BCUT2D eigenvalue weighted by atomic mass is 10.2. The Morgan fingerprint density at radius 3 is 2.58 bits per heavy atom. The van der Waals surface area contributed by atoms with Gasteiger partial charge in [-0.15, -0.1) is 4.72 Å². The Bertz CT molecular complexity index is 716. The molecule has 0 aromatic heterocycles. The molecule has 2 aromatic rings. The molecule has 0 spiro atoms. The van der Waals surface area contributed by atoms with Gasteiger partial charge in [0.1, 0.15) is 10.6 Å². The van der Waals surface area contributed by atoms with E-state index < -0.39 is 16.1 Å². The Labute approximate surface area is 149 Å². The van der Waals surface area contributed by atoms with Crippen molar-refractivity contribution in [3.8, 4) is 0 Å². The lowest BCUT2D eigenvalue weighted by Crippen LogP contribution is -2.39. The van der Waals surface area contributed by atoms with Crippen molar-refractivity contribution in [3.63, 3.8) is 0 Å². The van der Waals surface area contributed by atoms with E-state index in [1.54, 1.807) is 18.2 Å². The monoisotopic (exact) mass is 365 g/mol. The summed E-state index contributed by atoms with van der Waals surface area (Å²) in [6, 6.07) is 11.7. The molecule has 1 N–H and O–H groups in total. The van der Waals surface area contributed by atoms with Gasteiger partial charge in [-0.25, -0.2) is 4.39 Å². The van der Waals surface area contributed by atoms with Gasteiger partial charge in [0, 0.05) is 26.7 Å². The molecule has 2 aromatic carbocycles. The van der Waals surface area contributed by atoms with Gasteiger partial charge < -0.3 is 4.55 Å². The Morgan fingerprint density at radius 1 is 1.21 bits per heavy atom. The van der Waals surface area contributed by atoms with Crippen LogP contribution in [-0.4, -0.2) is 15.6 Å². The van der Waals surface area contributed by atoms with Gasteiger partial charge in [0.2, 0.25) is 0 Å². The second-order valence-electron chi connectivity index (χ2n) is 6.21. The van der Waals surface area contributed by atoms with Crippen LogP contribution in [-0.2, 0) is 17.9 Å². The van der Waals surface area contributed by atoms with Crippen molar-refractivity contribution in [2.45, 2.75) is 41.9 Å². The van der Waals surface area contributed by atoms with Crippen LogP contribution >= 0.6 is 11.8 Å². The second kappa shape index (κ2) is 8.16. The fourth-order valence-corrected chi connectivity index (χ4v) is 3.67. The molecule has 2 rings (SSSR count). The minimum atomic E-state index is -1.24. The molecule has 0 amide bonds. The molecule has 1 atom stereocenters. The molecule has 3 nitrogen and oxygen atoms in total. The first kappa shape index (κ1) is 19.0. The smallest absolute Gasteiger partial charge is 0.151 e. The molecule has 0 fully saturated rings. The van der Waals surface area contributed by atoms with Gasteiger partial charge in [0.15, 0.2) is 6.29 Å². The molecule has 0 aliphatic heterocycles. The highest BCUT2D eigenvalue weighted by Gasteiger charge is 2.26. The van der Waals surface area contributed by atoms with Crippen LogP contribution in [0.3, 0.4) is 0 Å². The lowest BCUT2D eigenvalue weighted by Gasteiger charge is -2.24. The van der Waals surface area contributed by atoms with Gasteiger partial charge >= 0.3 is 0 Å². The van der Waals surface area contributed by atoms with E-state index in [9.17, 15) is 13.7 Å². The fraction of sp³-hybridized carbons (Fsp3) is 0.278. The van der Waals surface area contributed by atoms with E-state index in [2.05, 4.69) is 4.72 Å². The van der Waals surface area contributed by atoms with Crippen molar-refractivity contribution in [3.05, 3.63) is 59.4 Å². The van der Waals surface area contributed by atoms with Crippen LogP contribution in [0.25, 0.3) is 0 Å². The molecular weight excluding hydrogens is 345 g/mol. The second-order valence-corrected chi connectivity index (χ2v) is 9.35. The average Bonchev–Trinajstić information content (AvgIpc) is 2.54. The summed E-state index contributed by atoms with van der Waals surface area (Å²) >= 11 is 0.153. The maximum Gasteiger partial charge on any atom is 0.151 e. The molecule has 6 heteroatoms. The summed E-state index contributed by atoms with van der Waals surface area (Å²) in [6.45, 7) is 5.90. The number of aldehydes is 1. The standard InChI is InChI=1S/C18H20FNO2S2/c1-18(2,3)24(22)20-11-14-10-15(19)8-9-17(14)23-16-7-5-4-6-13(16)12-21/h4-10,12,20H,11H2,1-3H3. The lowest BCUT2D eigenvalue weighted by molar-refractivity contribution is 0.112. The zero-order chi connectivity index (χ0) is 17.7. The summed E-state index contributed by atoms with van der Waals surface area (Å²) in [6.07, 6.45) is 0.804. The van der Waals surface area contributed by atoms with Crippen LogP contribution in [0.2, 0.25) is 0 Å². The molecule has 0 radical (unpaired) electrons. The first-order valence-electron chi connectivity index (χ1n) is 7.47. The normalized spacial score (nSPS) is 12.9. The zero-order valence-corrected chi connectivity index (χ0v) is 15.5. The van der Waals surface area contributed by atoms with Crippen molar-refractivity contribution >= 4 is 29.4 Å². The van der Waals surface area contributed by atoms with Crippen molar-refractivity contribution < 1.29 is 13.7 Å². The summed E-state index contributed by atoms with van der Waals surface area (Å²) in [4.78, 5) is 12.8. The summed E-state index contributed by atoms with van der Waals surface area (Å²) < 4.78 is 28.3. The van der Waals surface area contributed by atoms with Crippen LogP contribution in [0.4, 0.5) is 4.39 Å². The number of hydrogen-bond donors (Lipinski definition) is 1. The number of carbonyl (C=O) groups excluding carboxylic acids is 1. The minimum absolute atomic E-state index is 0.285. The number of halogens is 1. The third kappa shape index (κ3) is 5.08. The highest BCUT2D eigenvalue weighted by molar-refractivity contribution is 7.99. The maximum absolute atomic E-state index is 13.6. The van der Waals surface area contributed by atoms with Crippen molar-refractivity contribution in [1.29, 1.82) is 0 Å². The van der Waals surface area contributed by atoms with E-state index in [4.69, 9.17) is 0 Å². The molecule has 0 saturated heterocycles. The summed E-state index contributed by atoms with van der Waals surface area (Å²) in [5, 5.41) is 0. The molecule has 0 heterocycles. The third-order valence-electron chi connectivity index (χ3n) is 3.24. The van der Waals surface area contributed by atoms with E-state index in [-0.39, 0.29) is 12.4 Å². The van der Waals surface area contributed by atoms with Gasteiger partial charge in [0.25, 0.3) is 0 Å². The quantitative estimate of drug-likeness (QED) is 0.611. The van der Waals surface area contributed by atoms with Crippen LogP contribution in [0.5, 0.6) is 0 Å². The average molecular weight is 365 g/mol. The summed E-state index contributed by atoms with van der Waals surface area (Å²) in [5.41, 5.74) is 1.29. The fourth-order valence-electron chi connectivity index (χ4n) is 1.93. The number of benzene rings is 2. The largest absolute Gasteiger partial charge is 0.598 e. The number of nitrogens with one attached hydrogen (secondary N) is 1. The van der Waals surface area contributed by atoms with Crippen LogP contribution in [0.1, 0.15) is 36.7 Å². The van der Waals surface area contributed by atoms with E-state index >= 15 is 0 Å². The number of rotatable bonds is 6. The van der Waals surface area contributed by atoms with E-state index in [0.29, 0.717) is 11.1 Å². The van der Waals surface area contributed by atoms with Crippen LogP contribution < -0.4 is 4.72 Å². The van der Waals surface area contributed by atoms with Crippen molar-refractivity contribution in [1.82, 2.24) is 4.72 Å². The predicted octanol–water partition coefficient (Wildman–Crippen LogP) is 4.34. The molecule has 1 unspecified atom stereocenters. The predicted molar refractivity (Wildman–Crippen MR) is 97.1 cm³/mol. The van der Waals surface area contributed by atoms with E-state index in [0.717, 1.165) is 16.1 Å². The highest BCUT2D eigenvalue weighted by Crippen LogP contribution is 2.33. The van der Waals surface area contributed by atoms with Gasteiger partial charge in [0.05, 0.1) is 6.54 Å². The van der Waals surface area contributed by atoms with Gasteiger partial charge in [-0.3, -0.25) is 4.79 Å². The maximum atomic E-state index is 13.6. The summed E-state index contributed by atoms with van der Waals surface area (Å²) in [5.74, 6) is -0.346. The van der Waals surface area contributed by atoms with E-state index in [1.807, 2.05) is 32.9 Å². The van der Waals surface area contributed by atoms with Crippen LogP contribution in [0.15, 0.2) is 52.3 Å². The van der Waals surface area contributed by atoms with Crippen LogP contribution in [0, 0.1) is 5.82 Å². The molecule has 0 saturated carbocycles. The Kier molecular flexibility index (Phi) is 6.46. The zero-order valence-electron chi connectivity index (χ0n) is 13.8. The Morgan fingerprint density at radius 2 is 1.92 bits per heavy atom. The van der Waals surface area contributed by atoms with Gasteiger partial charge in [-0.05, 0) is 50.6 Å². The first-order valence-corrected chi connectivity index (χ1v) is 9.44. The molecule has 128 valence electrons. The van der Waals surface area contributed by atoms with Gasteiger partial charge in [-0.2, -0.15) is 0 Å². The Balaban J connectivity index is 2.23. The van der Waals surface area contributed by atoms with E-state index in [1.165, 1.54) is 23.9 Å². The third-order valence-corrected chi connectivity index (χ3v) is 5.97. The molecule has 0 aliphatic carbocycles. The Hall–Kier alpha value is -1.34. The number of carbonyl (C=O) groups is 1.